The summed E-state index contributed by atoms with van der Waals surface area (Å²) in [6.45, 7) is 1.22. The number of aromatic nitrogens is 2. The van der Waals surface area contributed by atoms with Crippen LogP contribution in [0.3, 0.4) is 0 Å². The SMILES string of the molecule is CC(OC(=O)c1cccnc1Oc1cccnc1)C(=O)Nc1ccc(Cl)cc1C(F)(F)F. The minimum atomic E-state index is -4.75. The molecule has 166 valence electrons. The number of ether oxygens (including phenoxy) is 2. The number of nitrogens with zero attached hydrogens (tertiary/aromatic N) is 2. The van der Waals surface area contributed by atoms with Gasteiger partial charge in [0.2, 0.25) is 5.88 Å². The normalized spacial score (nSPS) is 12.0. The molecule has 2 heterocycles. The zero-order chi connectivity index (χ0) is 23.3. The Labute approximate surface area is 185 Å². The van der Waals surface area contributed by atoms with E-state index in [1.807, 2.05) is 0 Å². The molecule has 2 aromatic heterocycles. The monoisotopic (exact) mass is 465 g/mol. The lowest BCUT2D eigenvalue weighted by molar-refractivity contribution is -0.137. The third kappa shape index (κ3) is 5.73. The number of hydrogen-bond acceptors (Lipinski definition) is 6. The van der Waals surface area contributed by atoms with Gasteiger partial charge in [-0.25, -0.2) is 9.78 Å². The standard InChI is InChI=1S/C21H15ClF3N3O4/c1-12(18(29)28-17-7-6-13(22)10-16(17)21(23,24)25)31-20(30)15-5-3-9-27-19(15)32-14-4-2-8-26-11-14/h2-12H,1H3,(H,28,29). The first kappa shape index (κ1) is 23.0. The van der Waals surface area contributed by atoms with Gasteiger partial charge < -0.3 is 14.8 Å². The lowest BCUT2D eigenvalue weighted by atomic mass is 10.1. The highest BCUT2D eigenvalue weighted by Gasteiger charge is 2.35. The fraction of sp³-hybridized carbons (Fsp3) is 0.143. The summed E-state index contributed by atoms with van der Waals surface area (Å²) in [5.74, 6) is -1.69. The van der Waals surface area contributed by atoms with Gasteiger partial charge in [-0.2, -0.15) is 13.2 Å². The van der Waals surface area contributed by atoms with Crippen LogP contribution in [0, 0.1) is 0 Å². The Morgan fingerprint density at radius 2 is 1.88 bits per heavy atom. The van der Waals surface area contributed by atoms with E-state index in [0.717, 1.165) is 6.07 Å². The van der Waals surface area contributed by atoms with E-state index >= 15 is 0 Å². The molecular weight excluding hydrogens is 451 g/mol. The van der Waals surface area contributed by atoms with Crippen molar-refractivity contribution in [1.29, 1.82) is 0 Å². The van der Waals surface area contributed by atoms with Crippen LogP contribution in [0.1, 0.15) is 22.8 Å². The van der Waals surface area contributed by atoms with Crippen LogP contribution in [-0.4, -0.2) is 27.9 Å². The number of esters is 1. The molecule has 1 aromatic carbocycles. The number of amides is 1. The van der Waals surface area contributed by atoms with Crippen molar-refractivity contribution in [3.63, 3.8) is 0 Å². The maximum absolute atomic E-state index is 13.2. The van der Waals surface area contributed by atoms with Gasteiger partial charge in [-0.05, 0) is 49.4 Å². The van der Waals surface area contributed by atoms with Crippen LogP contribution < -0.4 is 10.1 Å². The highest BCUT2D eigenvalue weighted by atomic mass is 35.5. The molecule has 0 saturated carbocycles. The van der Waals surface area contributed by atoms with Crippen LogP contribution in [0.5, 0.6) is 11.6 Å². The van der Waals surface area contributed by atoms with Crippen molar-refractivity contribution in [3.8, 4) is 11.6 Å². The molecule has 1 unspecified atom stereocenters. The second-order valence-corrected chi connectivity index (χ2v) is 6.81. The first-order valence-corrected chi connectivity index (χ1v) is 9.44. The summed E-state index contributed by atoms with van der Waals surface area (Å²) < 4.78 is 50.3. The number of hydrogen-bond donors (Lipinski definition) is 1. The second kappa shape index (κ2) is 9.65. The van der Waals surface area contributed by atoms with Crippen molar-refractivity contribution < 1.29 is 32.2 Å². The summed E-state index contributed by atoms with van der Waals surface area (Å²) >= 11 is 5.63. The van der Waals surface area contributed by atoms with Crippen LogP contribution in [-0.2, 0) is 15.7 Å². The number of benzene rings is 1. The molecular formula is C21H15ClF3N3O4. The Balaban J connectivity index is 1.73. The first-order valence-electron chi connectivity index (χ1n) is 9.06. The molecule has 32 heavy (non-hydrogen) atoms. The van der Waals surface area contributed by atoms with E-state index in [-0.39, 0.29) is 16.5 Å². The molecule has 0 radical (unpaired) electrons. The molecule has 7 nitrogen and oxygen atoms in total. The van der Waals surface area contributed by atoms with Gasteiger partial charge in [0.25, 0.3) is 5.91 Å². The number of alkyl halides is 3. The number of carbonyl (C=O) groups excluding carboxylic acids is 2. The molecule has 0 fully saturated rings. The molecule has 0 aliphatic carbocycles. The van der Waals surface area contributed by atoms with E-state index in [0.29, 0.717) is 11.8 Å². The highest BCUT2D eigenvalue weighted by molar-refractivity contribution is 6.30. The van der Waals surface area contributed by atoms with E-state index < -0.39 is 35.4 Å². The molecule has 0 aliphatic heterocycles. The van der Waals surface area contributed by atoms with Gasteiger partial charge in [0.05, 0.1) is 17.4 Å². The van der Waals surface area contributed by atoms with Gasteiger partial charge in [0, 0.05) is 17.4 Å². The Hall–Kier alpha value is -3.66. The summed E-state index contributed by atoms with van der Waals surface area (Å²) in [4.78, 5) is 32.8. The smallest absolute Gasteiger partial charge is 0.418 e. The van der Waals surface area contributed by atoms with E-state index in [2.05, 4.69) is 15.3 Å². The highest BCUT2D eigenvalue weighted by Crippen LogP contribution is 2.36. The van der Waals surface area contributed by atoms with Crippen molar-refractivity contribution in [2.24, 2.45) is 0 Å². The Kier molecular flexibility index (Phi) is 6.94. The van der Waals surface area contributed by atoms with Gasteiger partial charge in [0.1, 0.15) is 11.3 Å². The molecule has 11 heteroatoms. The number of nitrogens with one attached hydrogen (secondary N) is 1. The molecule has 0 saturated heterocycles. The van der Waals surface area contributed by atoms with Crippen LogP contribution >= 0.6 is 11.6 Å². The number of halogens is 4. The van der Waals surface area contributed by atoms with Gasteiger partial charge in [-0.15, -0.1) is 0 Å². The van der Waals surface area contributed by atoms with E-state index in [4.69, 9.17) is 21.1 Å². The quantitative estimate of drug-likeness (QED) is 0.508. The van der Waals surface area contributed by atoms with Crippen molar-refractivity contribution in [2.45, 2.75) is 19.2 Å². The molecule has 3 rings (SSSR count). The average molecular weight is 466 g/mol. The molecule has 1 atom stereocenters. The fourth-order valence-electron chi connectivity index (χ4n) is 2.52. The van der Waals surface area contributed by atoms with Crippen molar-refractivity contribution in [1.82, 2.24) is 9.97 Å². The minimum absolute atomic E-state index is 0.0847. The molecule has 1 N–H and O–H groups in total. The summed E-state index contributed by atoms with van der Waals surface area (Å²) in [6, 6.07) is 8.93. The van der Waals surface area contributed by atoms with Crippen LogP contribution in [0.2, 0.25) is 5.02 Å². The zero-order valence-corrected chi connectivity index (χ0v) is 17.1. The van der Waals surface area contributed by atoms with E-state index in [1.54, 1.807) is 12.1 Å². The summed E-state index contributed by atoms with van der Waals surface area (Å²) in [5.41, 5.74) is -1.73. The topological polar surface area (TPSA) is 90.4 Å². The van der Waals surface area contributed by atoms with Crippen molar-refractivity contribution >= 4 is 29.2 Å². The lowest BCUT2D eigenvalue weighted by Gasteiger charge is -2.17. The maximum atomic E-state index is 13.2. The number of anilines is 1. The van der Waals surface area contributed by atoms with E-state index in [9.17, 15) is 22.8 Å². The number of pyridine rings is 2. The molecule has 0 bridgehead atoms. The summed E-state index contributed by atoms with van der Waals surface area (Å²) in [5, 5.41) is 1.96. The first-order chi connectivity index (χ1) is 15.1. The van der Waals surface area contributed by atoms with Gasteiger partial charge >= 0.3 is 12.1 Å². The predicted molar refractivity (Wildman–Crippen MR) is 109 cm³/mol. The van der Waals surface area contributed by atoms with Crippen LogP contribution in [0.25, 0.3) is 0 Å². The average Bonchev–Trinajstić information content (AvgIpc) is 2.75. The zero-order valence-electron chi connectivity index (χ0n) is 16.4. The molecule has 3 aromatic rings. The Bertz CT molecular complexity index is 1130. The fourth-order valence-corrected chi connectivity index (χ4v) is 2.69. The van der Waals surface area contributed by atoms with Crippen molar-refractivity contribution in [3.05, 3.63) is 77.2 Å². The van der Waals surface area contributed by atoms with Gasteiger partial charge in [-0.1, -0.05) is 11.6 Å². The third-order valence-corrected chi connectivity index (χ3v) is 4.27. The number of rotatable bonds is 6. The predicted octanol–water partition coefficient (Wildman–Crippen LogP) is 5.13. The molecule has 0 aliphatic rings. The summed E-state index contributed by atoms with van der Waals surface area (Å²) in [6.07, 6.45) is -1.85. The second-order valence-electron chi connectivity index (χ2n) is 6.37. The van der Waals surface area contributed by atoms with Crippen LogP contribution in [0.15, 0.2) is 61.1 Å². The molecule has 0 spiro atoms. The Morgan fingerprint density at radius 1 is 1.12 bits per heavy atom. The van der Waals surface area contributed by atoms with E-state index in [1.165, 1.54) is 43.7 Å². The third-order valence-electron chi connectivity index (χ3n) is 4.04. The number of carbonyl (C=O) groups is 2. The minimum Gasteiger partial charge on any atom is -0.449 e. The van der Waals surface area contributed by atoms with Crippen LogP contribution in [0.4, 0.5) is 18.9 Å². The molecule has 1 amide bonds. The maximum Gasteiger partial charge on any atom is 0.418 e. The van der Waals surface area contributed by atoms with Gasteiger partial charge in [-0.3, -0.25) is 9.78 Å². The largest absolute Gasteiger partial charge is 0.449 e. The van der Waals surface area contributed by atoms with Crippen molar-refractivity contribution in [2.75, 3.05) is 5.32 Å². The summed E-state index contributed by atoms with van der Waals surface area (Å²) in [7, 11) is 0. The Morgan fingerprint density at radius 3 is 2.56 bits per heavy atom. The van der Waals surface area contributed by atoms with Gasteiger partial charge in [0.15, 0.2) is 6.10 Å². The lowest BCUT2D eigenvalue weighted by Crippen LogP contribution is -2.31.